The predicted molar refractivity (Wildman–Crippen MR) is 83.8 cm³/mol. The standard InChI is InChI=1S/C18H17NO2/c1-12-15(11-17(19-12)18(20)21)9-7-13-6-8-14-4-2-3-5-16(14)10-13/h2-6,8,10-11,19H,7,9H2,1H3,(H,20,21). The Morgan fingerprint density at radius 3 is 2.52 bits per heavy atom. The number of carboxylic acids is 1. The number of aromatic carboxylic acids is 1. The smallest absolute Gasteiger partial charge is 0.352 e. The molecule has 3 rings (SSSR count). The van der Waals surface area contributed by atoms with Crippen LogP contribution in [-0.4, -0.2) is 16.1 Å². The molecule has 2 N–H and O–H groups in total. The molecular weight excluding hydrogens is 262 g/mol. The molecule has 21 heavy (non-hydrogen) atoms. The number of fused-ring (bicyclic) bond motifs is 1. The van der Waals surface area contributed by atoms with E-state index in [1.54, 1.807) is 6.07 Å². The van der Waals surface area contributed by atoms with E-state index in [0.29, 0.717) is 0 Å². The average Bonchev–Trinajstić information content (AvgIpc) is 2.86. The Bertz CT molecular complexity index is 802. The number of H-pyrrole nitrogens is 1. The topological polar surface area (TPSA) is 53.1 Å². The first kappa shape index (κ1) is 13.4. The molecule has 1 heterocycles. The van der Waals surface area contributed by atoms with Crippen LogP contribution in [0.15, 0.2) is 48.5 Å². The van der Waals surface area contributed by atoms with E-state index in [0.717, 1.165) is 24.1 Å². The zero-order valence-electron chi connectivity index (χ0n) is 11.9. The van der Waals surface area contributed by atoms with Gasteiger partial charge in [-0.05, 0) is 47.7 Å². The fraction of sp³-hybridized carbons (Fsp3) is 0.167. The third-order valence-electron chi connectivity index (χ3n) is 3.85. The Morgan fingerprint density at radius 1 is 1.05 bits per heavy atom. The van der Waals surface area contributed by atoms with Crippen molar-refractivity contribution in [2.45, 2.75) is 19.8 Å². The lowest BCUT2D eigenvalue weighted by Crippen LogP contribution is -1.95. The average molecular weight is 279 g/mol. The zero-order chi connectivity index (χ0) is 14.8. The van der Waals surface area contributed by atoms with Gasteiger partial charge in [-0.25, -0.2) is 4.79 Å². The second kappa shape index (κ2) is 5.44. The van der Waals surface area contributed by atoms with Gasteiger partial charge in [0.05, 0.1) is 0 Å². The zero-order valence-corrected chi connectivity index (χ0v) is 11.9. The Hall–Kier alpha value is -2.55. The maximum atomic E-state index is 11.0. The molecule has 0 spiro atoms. The molecule has 0 atom stereocenters. The van der Waals surface area contributed by atoms with Crippen LogP contribution >= 0.6 is 0 Å². The minimum Gasteiger partial charge on any atom is -0.477 e. The van der Waals surface area contributed by atoms with Crippen molar-refractivity contribution in [1.82, 2.24) is 4.98 Å². The summed E-state index contributed by atoms with van der Waals surface area (Å²) < 4.78 is 0. The number of carbonyl (C=O) groups is 1. The number of benzene rings is 2. The van der Waals surface area contributed by atoms with Crippen LogP contribution in [0.2, 0.25) is 0 Å². The number of aryl methyl sites for hydroxylation is 3. The van der Waals surface area contributed by atoms with Crippen LogP contribution < -0.4 is 0 Å². The first-order valence-corrected chi connectivity index (χ1v) is 7.03. The molecule has 0 radical (unpaired) electrons. The summed E-state index contributed by atoms with van der Waals surface area (Å²) in [5, 5.41) is 11.5. The predicted octanol–water partition coefficient (Wildman–Crippen LogP) is 3.96. The number of hydrogen-bond acceptors (Lipinski definition) is 1. The van der Waals surface area contributed by atoms with Gasteiger partial charge in [0.1, 0.15) is 5.69 Å². The summed E-state index contributed by atoms with van der Waals surface area (Å²) in [5.74, 6) is -0.907. The van der Waals surface area contributed by atoms with Crippen LogP contribution in [0.1, 0.15) is 27.3 Å². The van der Waals surface area contributed by atoms with Crippen molar-refractivity contribution >= 4 is 16.7 Å². The molecule has 106 valence electrons. The van der Waals surface area contributed by atoms with Gasteiger partial charge in [-0.2, -0.15) is 0 Å². The van der Waals surface area contributed by atoms with Crippen molar-refractivity contribution in [3.63, 3.8) is 0 Å². The Kier molecular flexibility index (Phi) is 3.48. The van der Waals surface area contributed by atoms with Crippen LogP contribution in [0.4, 0.5) is 0 Å². The number of hydrogen-bond donors (Lipinski definition) is 2. The van der Waals surface area contributed by atoms with Gasteiger partial charge >= 0.3 is 5.97 Å². The molecule has 0 fully saturated rings. The van der Waals surface area contributed by atoms with Gasteiger partial charge in [0.15, 0.2) is 0 Å². The van der Waals surface area contributed by atoms with Crippen LogP contribution in [-0.2, 0) is 12.8 Å². The molecule has 0 saturated heterocycles. The summed E-state index contributed by atoms with van der Waals surface area (Å²) in [6, 6.07) is 16.5. The van der Waals surface area contributed by atoms with Gasteiger partial charge in [0.25, 0.3) is 0 Å². The van der Waals surface area contributed by atoms with Crippen molar-refractivity contribution in [3.05, 3.63) is 71.0 Å². The normalized spacial score (nSPS) is 10.9. The van der Waals surface area contributed by atoms with Gasteiger partial charge in [-0.15, -0.1) is 0 Å². The first-order valence-electron chi connectivity index (χ1n) is 7.03. The molecule has 2 aromatic carbocycles. The van der Waals surface area contributed by atoms with E-state index in [2.05, 4.69) is 35.3 Å². The summed E-state index contributed by atoms with van der Waals surface area (Å²) in [4.78, 5) is 13.9. The molecule has 0 aliphatic carbocycles. The Labute approximate surface area is 123 Å². The minimum atomic E-state index is -0.907. The lowest BCUT2D eigenvalue weighted by molar-refractivity contribution is 0.0691. The molecule has 0 saturated carbocycles. The summed E-state index contributed by atoms with van der Waals surface area (Å²) >= 11 is 0. The lowest BCUT2D eigenvalue weighted by Gasteiger charge is -2.04. The molecule has 0 aliphatic rings. The van der Waals surface area contributed by atoms with Crippen LogP contribution in [0.5, 0.6) is 0 Å². The minimum absolute atomic E-state index is 0.265. The van der Waals surface area contributed by atoms with E-state index >= 15 is 0 Å². The molecule has 3 aromatic rings. The summed E-state index contributed by atoms with van der Waals surface area (Å²) in [6.07, 6.45) is 1.75. The summed E-state index contributed by atoms with van der Waals surface area (Å²) in [5.41, 5.74) is 3.54. The molecule has 0 amide bonds. The molecule has 0 unspecified atom stereocenters. The number of aromatic amines is 1. The second-order valence-electron chi connectivity index (χ2n) is 5.32. The van der Waals surface area contributed by atoms with Gasteiger partial charge < -0.3 is 10.1 Å². The molecule has 3 heteroatoms. The summed E-state index contributed by atoms with van der Waals surface area (Å²) in [6.45, 7) is 1.92. The van der Waals surface area contributed by atoms with Crippen LogP contribution in [0.25, 0.3) is 10.8 Å². The number of nitrogens with one attached hydrogen (secondary N) is 1. The molecule has 0 bridgehead atoms. The van der Waals surface area contributed by atoms with E-state index < -0.39 is 5.97 Å². The highest BCUT2D eigenvalue weighted by molar-refractivity contribution is 5.86. The Morgan fingerprint density at radius 2 is 1.81 bits per heavy atom. The fourth-order valence-electron chi connectivity index (χ4n) is 2.65. The SMILES string of the molecule is Cc1[nH]c(C(=O)O)cc1CCc1ccc2ccccc2c1. The number of carboxylic acid groups (broad SMARTS) is 1. The van der Waals surface area contributed by atoms with Crippen molar-refractivity contribution in [2.24, 2.45) is 0 Å². The Balaban J connectivity index is 1.78. The quantitative estimate of drug-likeness (QED) is 0.759. The second-order valence-corrected chi connectivity index (χ2v) is 5.32. The highest BCUT2D eigenvalue weighted by atomic mass is 16.4. The lowest BCUT2D eigenvalue weighted by atomic mass is 10.0. The highest BCUT2D eigenvalue weighted by Gasteiger charge is 2.10. The van der Waals surface area contributed by atoms with Crippen molar-refractivity contribution in [2.75, 3.05) is 0 Å². The van der Waals surface area contributed by atoms with E-state index in [1.807, 2.05) is 19.1 Å². The molecule has 1 aromatic heterocycles. The molecule has 0 aliphatic heterocycles. The van der Waals surface area contributed by atoms with Crippen LogP contribution in [0, 0.1) is 6.92 Å². The monoisotopic (exact) mass is 279 g/mol. The first-order chi connectivity index (χ1) is 10.1. The van der Waals surface area contributed by atoms with Gasteiger partial charge in [0, 0.05) is 5.69 Å². The fourth-order valence-corrected chi connectivity index (χ4v) is 2.65. The van der Waals surface area contributed by atoms with E-state index in [4.69, 9.17) is 5.11 Å². The third-order valence-corrected chi connectivity index (χ3v) is 3.85. The van der Waals surface area contributed by atoms with Gasteiger partial charge in [-0.1, -0.05) is 42.5 Å². The number of rotatable bonds is 4. The number of aromatic nitrogens is 1. The van der Waals surface area contributed by atoms with Crippen LogP contribution in [0.3, 0.4) is 0 Å². The van der Waals surface area contributed by atoms with Crippen molar-refractivity contribution < 1.29 is 9.90 Å². The largest absolute Gasteiger partial charge is 0.477 e. The molecular formula is C18H17NO2. The van der Waals surface area contributed by atoms with Gasteiger partial charge in [-0.3, -0.25) is 0 Å². The highest BCUT2D eigenvalue weighted by Crippen LogP contribution is 2.18. The van der Waals surface area contributed by atoms with E-state index in [9.17, 15) is 4.79 Å². The third kappa shape index (κ3) is 2.82. The molecule has 3 nitrogen and oxygen atoms in total. The maximum absolute atomic E-state index is 11.0. The van der Waals surface area contributed by atoms with Crippen molar-refractivity contribution in [1.29, 1.82) is 0 Å². The summed E-state index contributed by atoms with van der Waals surface area (Å²) in [7, 11) is 0. The maximum Gasteiger partial charge on any atom is 0.352 e. The van der Waals surface area contributed by atoms with Crippen molar-refractivity contribution in [3.8, 4) is 0 Å². The van der Waals surface area contributed by atoms with E-state index in [1.165, 1.54) is 16.3 Å². The van der Waals surface area contributed by atoms with Gasteiger partial charge in [0.2, 0.25) is 0 Å². The van der Waals surface area contributed by atoms with E-state index in [-0.39, 0.29) is 5.69 Å².